The molecule has 0 unspecified atom stereocenters. The number of carbonyl (C=O) groups is 3. The zero-order valence-electron chi connectivity index (χ0n) is 23.1. The van der Waals surface area contributed by atoms with Crippen LogP contribution in [0.3, 0.4) is 0 Å². The fourth-order valence-electron chi connectivity index (χ4n) is 4.90. The van der Waals surface area contributed by atoms with Gasteiger partial charge >= 0.3 is 0 Å². The average molecular weight is 556 g/mol. The number of ether oxygens (including phenoxy) is 3. The van der Waals surface area contributed by atoms with Gasteiger partial charge in [0.15, 0.2) is 6.61 Å². The van der Waals surface area contributed by atoms with E-state index in [0.29, 0.717) is 35.8 Å². The number of benzene rings is 3. The predicted octanol–water partition coefficient (Wildman–Crippen LogP) is 3.50. The van der Waals surface area contributed by atoms with Crippen molar-refractivity contribution in [3.05, 3.63) is 95.1 Å². The van der Waals surface area contributed by atoms with Crippen molar-refractivity contribution in [1.29, 1.82) is 0 Å². The van der Waals surface area contributed by atoms with Gasteiger partial charge in [0.05, 0.1) is 13.2 Å². The molecule has 2 N–H and O–H groups in total. The predicted molar refractivity (Wildman–Crippen MR) is 154 cm³/mol. The Balaban J connectivity index is 1.43. The van der Waals surface area contributed by atoms with Crippen molar-refractivity contribution in [3.8, 4) is 17.2 Å². The highest BCUT2D eigenvalue weighted by molar-refractivity contribution is 5.95. The van der Waals surface area contributed by atoms with Gasteiger partial charge in [0.1, 0.15) is 23.4 Å². The molecule has 3 heterocycles. The summed E-state index contributed by atoms with van der Waals surface area (Å²) in [6.07, 6.45) is 3.46. The number of rotatable bonds is 3. The molecule has 3 aromatic carbocycles. The number of carbonyl (C=O) groups excluding carboxylic acids is 3. The second-order valence-corrected chi connectivity index (χ2v) is 10.1. The summed E-state index contributed by atoms with van der Waals surface area (Å²) in [4.78, 5) is 40.7. The van der Waals surface area contributed by atoms with Crippen LogP contribution in [-0.4, -0.2) is 61.6 Å². The lowest BCUT2D eigenvalue weighted by Crippen LogP contribution is -2.57. The van der Waals surface area contributed by atoms with E-state index >= 15 is 0 Å². The van der Waals surface area contributed by atoms with Crippen molar-refractivity contribution < 1.29 is 28.6 Å². The first-order chi connectivity index (χ1) is 19.9. The smallest absolute Gasteiger partial charge is 0.258 e. The quantitative estimate of drug-likeness (QED) is 0.480. The normalized spacial score (nSPS) is 19.3. The minimum atomic E-state index is -0.486. The number of piperidine rings is 1. The van der Waals surface area contributed by atoms with Crippen LogP contribution >= 0.6 is 0 Å². The minimum absolute atomic E-state index is 0.140. The van der Waals surface area contributed by atoms with Crippen LogP contribution in [0.25, 0.3) is 6.08 Å². The second-order valence-electron chi connectivity index (χ2n) is 10.1. The van der Waals surface area contributed by atoms with Crippen LogP contribution in [0.1, 0.15) is 33.5 Å². The van der Waals surface area contributed by atoms with E-state index in [9.17, 15) is 14.4 Å². The monoisotopic (exact) mass is 555 g/mol. The molecule has 41 heavy (non-hydrogen) atoms. The molecule has 2 atom stereocenters. The molecule has 3 aliphatic rings. The van der Waals surface area contributed by atoms with Crippen molar-refractivity contribution in [2.75, 3.05) is 26.8 Å². The van der Waals surface area contributed by atoms with E-state index in [2.05, 4.69) is 10.6 Å². The zero-order valence-corrected chi connectivity index (χ0v) is 23.1. The molecule has 0 saturated carbocycles. The molecule has 212 valence electrons. The molecule has 1 saturated heterocycles. The number of nitrogens with one attached hydrogen (secondary N) is 2. The van der Waals surface area contributed by atoms with Crippen LogP contribution in [0.4, 0.5) is 0 Å². The van der Waals surface area contributed by atoms with E-state index in [1.165, 1.54) is 0 Å². The molecule has 3 amide bonds. The number of hydrogen-bond donors (Lipinski definition) is 2. The Morgan fingerprint density at radius 2 is 1.90 bits per heavy atom. The summed E-state index contributed by atoms with van der Waals surface area (Å²) in [5.74, 6) is 0.800. The molecular weight excluding hydrogens is 522 g/mol. The van der Waals surface area contributed by atoms with Crippen LogP contribution < -0.4 is 24.8 Å². The first-order valence-electron chi connectivity index (χ1n) is 13.6. The largest absolute Gasteiger partial charge is 0.496 e. The van der Waals surface area contributed by atoms with Crippen LogP contribution in [0, 0.1) is 6.92 Å². The SMILES string of the molecule is COc1cc2ccc1CNC(=O)COc1cc(ccc1C)C(=O)N[C@H]1CN(C(=O)C=Cc3ccccc3)CC[C@H]1O2. The molecular formula is C32H33N3O6. The Hall–Kier alpha value is -4.79. The van der Waals surface area contributed by atoms with Gasteiger partial charge in [-0.15, -0.1) is 0 Å². The van der Waals surface area contributed by atoms with Crippen LogP contribution in [0.2, 0.25) is 0 Å². The summed E-state index contributed by atoms with van der Waals surface area (Å²) < 4.78 is 17.7. The standard InChI is InChI=1S/C32H33N3O6/c1-21-8-10-23-16-28(21)40-20-30(36)33-18-24-11-12-25(17-29(24)39-2)41-27-14-15-35(19-26(27)34-32(23)38)31(37)13-9-22-6-4-3-5-7-22/h3-13,16-17,26-27H,14-15,18-20H2,1-2H3,(H,33,36)(H,34,38)/t26-,27+/m0/s1. The highest BCUT2D eigenvalue weighted by Crippen LogP contribution is 2.28. The lowest BCUT2D eigenvalue weighted by Gasteiger charge is -2.38. The number of aryl methyl sites for hydroxylation is 1. The molecule has 1 fully saturated rings. The summed E-state index contributed by atoms with van der Waals surface area (Å²) in [5.41, 5.74) is 2.89. The molecule has 0 aliphatic carbocycles. The molecule has 0 aromatic heterocycles. The Kier molecular flexibility index (Phi) is 8.53. The third-order valence-electron chi connectivity index (χ3n) is 7.23. The third kappa shape index (κ3) is 6.87. The van der Waals surface area contributed by atoms with Gasteiger partial charge in [-0.25, -0.2) is 0 Å². The third-order valence-corrected chi connectivity index (χ3v) is 7.23. The highest BCUT2D eigenvalue weighted by Gasteiger charge is 2.34. The number of hydrogen-bond acceptors (Lipinski definition) is 6. The molecule has 0 spiro atoms. The summed E-state index contributed by atoms with van der Waals surface area (Å²) in [6, 6.07) is 19.7. The maximum absolute atomic E-state index is 13.4. The van der Waals surface area contributed by atoms with E-state index in [1.54, 1.807) is 48.4 Å². The Labute approximate surface area is 239 Å². The molecule has 9 heteroatoms. The maximum atomic E-state index is 13.4. The van der Waals surface area contributed by atoms with Gasteiger partial charge in [-0.1, -0.05) is 36.4 Å². The van der Waals surface area contributed by atoms with Gasteiger partial charge in [0.2, 0.25) is 5.91 Å². The van der Waals surface area contributed by atoms with Crippen molar-refractivity contribution in [2.24, 2.45) is 0 Å². The summed E-state index contributed by atoms with van der Waals surface area (Å²) >= 11 is 0. The van der Waals surface area contributed by atoms with Crippen molar-refractivity contribution in [2.45, 2.75) is 32.0 Å². The molecule has 6 rings (SSSR count). The summed E-state index contributed by atoms with van der Waals surface area (Å²) in [7, 11) is 1.56. The van der Waals surface area contributed by atoms with E-state index in [-0.39, 0.29) is 37.4 Å². The molecule has 0 radical (unpaired) electrons. The van der Waals surface area contributed by atoms with E-state index in [0.717, 1.165) is 16.7 Å². The van der Waals surface area contributed by atoms with Gasteiger partial charge in [-0.2, -0.15) is 0 Å². The van der Waals surface area contributed by atoms with Gasteiger partial charge in [0, 0.05) is 49.3 Å². The van der Waals surface area contributed by atoms with Crippen LogP contribution in [0.5, 0.6) is 17.2 Å². The maximum Gasteiger partial charge on any atom is 0.258 e. The fraction of sp³-hybridized carbons (Fsp3) is 0.281. The first-order valence-corrected chi connectivity index (χ1v) is 13.6. The fourth-order valence-corrected chi connectivity index (χ4v) is 4.90. The summed E-state index contributed by atoms with van der Waals surface area (Å²) in [5, 5.41) is 5.92. The average Bonchev–Trinajstić information content (AvgIpc) is 2.99. The molecule has 9 nitrogen and oxygen atoms in total. The minimum Gasteiger partial charge on any atom is -0.496 e. The van der Waals surface area contributed by atoms with Gasteiger partial charge < -0.3 is 29.7 Å². The second kappa shape index (κ2) is 12.6. The number of fused-ring (bicyclic) bond motifs is 7. The van der Waals surface area contributed by atoms with Crippen molar-refractivity contribution in [1.82, 2.24) is 15.5 Å². The molecule has 4 bridgehead atoms. The zero-order chi connectivity index (χ0) is 28.8. The van der Waals surface area contributed by atoms with Gasteiger partial charge in [0.25, 0.3) is 11.8 Å². The molecule has 3 aromatic rings. The van der Waals surface area contributed by atoms with Gasteiger partial charge in [-0.3, -0.25) is 14.4 Å². The Morgan fingerprint density at radius 1 is 1.07 bits per heavy atom. The van der Waals surface area contributed by atoms with Crippen molar-refractivity contribution in [3.63, 3.8) is 0 Å². The number of nitrogens with zero attached hydrogens (tertiary/aromatic N) is 1. The van der Waals surface area contributed by atoms with Crippen LogP contribution in [0.15, 0.2) is 72.8 Å². The van der Waals surface area contributed by atoms with E-state index < -0.39 is 12.1 Å². The lowest BCUT2D eigenvalue weighted by atomic mass is 10.0. The summed E-state index contributed by atoms with van der Waals surface area (Å²) in [6.45, 7) is 2.65. The Morgan fingerprint density at radius 3 is 2.71 bits per heavy atom. The molecule has 3 aliphatic heterocycles. The van der Waals surface area contributed by atoms with E-state index in [4.69, 9.17) is 14.2 Å². The highest BCUT2D eigenvalue weighted by atomic mass is 16.5. The lowest BCUT2D eigenvalue weighted by molar-refractivity contribution is -0.128. The number of amides is 3. The van der Waals surface area contributed by atoms with Crippen LogP contribution in [-0.2, 0) is 16.1 Å². The van der Waals surface area contributed by atoms with Gasteiger partial charge in [-0.05, 0) is 48.4 Å². The number of methoxy groups -OCH3 is 1. The Bertz CT molecular complexity index is 1460. The first kappa shape index (κ1) is 27.8. The van der Waals surface area contributed by atoms with E-state index in [1.807, 2.05) is 49.4 Å². The van der Waals surface area contributed by atoms with Crippen molar-refractivity contribution >= 4 is 23.8 Å². The number of likely N-dealkylation sites (tertiary alicyclic amines) is 1. The topological polar surface area (TPSA) is 106 Å².